The predicted octanol–water partition coefficient (Wildman–Crippen LogP) is 7.04. The van der Waals surface area contributed by atoms with Crippen LogP contribution in [0.4, 0.5) is 5.69 Å². The molecule has 0 aromatic heterocycles. The molecule has 0 heterocycles. The number of carbonyl (C=O) groups is 2. The van der Waals surface area contributed by atoms with Crippen LogP contribution in [0.15, 0.2) is 119 Å². The molecule has 4 aromatic carbocycles. The van der Waals surface area contributed by atoms with Gasteiger partial charge in [0.15, 0.2) is 0 Å². The summed E-state index contributed by atoms with van der Waals surface area (Å²) in [6.07, 6.45) is 5.37. The number of hydrogen-bond donors (Lipinski definition) is 1. The van der Waals surface area contributed by atoms with Gasteiger partial charge in [-0.25, -0.2) is 8.42 Å². The Morgan fingerprint density at radius 2 is 1.39 bits per heavy atom. The number of nitrogens with one attached hydrogen (secondary N) is 1. The van der Waals surface area contributed by atoms with E-state index in [2.05, 4.69) is 21.2 Å². The van der Waals surface area contributed by atoms with E-state index in [9.17, 15) is 18.0 Å². The van der Waals surface area contributed by atoms with Gasteiger partial charge in [0.2, 0.25) is 11.8 Å². The summed E-state index contributed by atoms with van der Waals surface area (Å²) in [5.41, 5.74) is 3.03. The second-order valence-electron chi connectivity index (χ2n) is 11.9. The fraction of sp³-hybridized carbons (Fsp3) is 0.297. The van der Waals surface area contributed by atoms with Gasteiger partial charge in [-0.1, -0.05) is 114 Å². The van der Waals surface area contributed by atoms with Crippen LogP contribution in [0, 0.1) is 6.92 Å². The van der Waals surface area contributed by atoms with Gasteiger partial charge in [-0.05, 0) is 67.3 Å². The van der Waals surface area contributed by atoms with E-state index >= 15 is 0 Å². The first kappa shape index (κ1) is 33.4. The number of sulfonamides is 1. The van der Waals surface area contributed by atoms with Gasteiger partial charge in [0.1, 0.15) is 12.6 Å². The van der Waals surface area contributed by atoms with Crippen LogP contribution in [0.1, 0.15) is 48.8 Å². The van der Waals surface area contributed by atoms with Crippen molar-refractivity contribution in [2.75, 3.05) is 10.8 Å². The molecule has 4 aromatic rings. The normalized spacial score (nSPS) is 14.3. The van der Waals surface area contributed by atoms with Crippen molar-refractivity contribution in [3.63, 3.8) is 0 Å². The Bertz CT molecular complexity index is 1690. The average Bonchev–Trinajstić information content (AvgIpc) is 3.07. The molecule has 0 aliphatic heterocycles. The molecule has 7 nitrogen and oxygen atoms in total. The monoisotopic (exact) mass is 701 g/mol. The van der Waals surface area contributed by atoms with Crippen molar-refractivity contribution >= 4 is 43.5 Å². The smallest absolute Gasteiger partial charge is 0.264 e. The Kier molecular flexibility index (Phi) is 11.3. The molecule has 1 N–H and O–H groups in total. The molecular formula is C37H40BrN3O4S. The van der Waals surface area contributed by atoms with Crippen molar-refractivity contribution in [1.29, 1.82) is 0 Å². The van der Waals surface area contributed by atoms with Gasteiger partial charge < -0.3 is 10.2 Å². The first-order valence-corrected chi connectivity index (χ1v) is 18.0. The summed E-state index contributed by atoms with van der Waals surface area (Å²) in [4.78, 5) is 30.4. The highest BCUT2D eigenvalue weighted by molar-refractivity contribution is 9.10. The fourth-order valence-corrected chi connectivity index (χ4v) is 7.53. The number of amides is 2. The minimum atomic E-state index is -4.14. The van der Waals surface area contributed by atoms with E-state index < -0.39 is 28.5 Å². The van der Waals surface area contributed by atoms with Crippen LogP contribution < -0.4 is 9.62 Å². The molecule has 1 aliphatic rings. The zero-order valence-corrected chi connectivity index (χ0v) is 28.4. The average molecular weight is 703 g/mol. The molecule has 5 rings (SSSR count). The number of halogens is 1. The zero-order chi connectivity index (χ0) is 32.5. The number of carbonyl (C=O) groups excluding carboxylic acids is 2. The molecule has 1 atom stereocenters. The lowest BCUT2D eigenvalue weighted by Gasteiger charge is -2.35. The lowest BCUT2D eigenvalue weighted by Crippen LogP contribution is -2.55. The molecule has 1 unspecified atom stereocenters. The van der Waals surface area contributed by atoms with Crippen LogP contribution >= 0.6 is 15.9 Å². The second kappa shape index (κ2) is 15.6. The van der Waals surface area contributed by atoms with Crippen LogP contribution in [-0.4, -0.2) is 43.8 Å². The predicted molar refractivity (Wildman–Crippen MR) is 186 cm³/mol. The number of anilines is 1. The molecule has 1 saturated carbocycles. The molecule has 0 radical (unpaired) electrons. The Morgan fingerprint density at radius 3 is 2.00 bits per heavy atom. The van der Waals surface area contributed by atoms with E-state index in [1.165, 1.54) is 0 Å². The maximum absolute atomic E-state index is 14.6. The molecule has 0 bridgehead atoms. The van der Waals surface area contributed by atoms with Crippen molar-refractivity contribution in [2.24, 2.45) is 0 Å². The third-order valence-corrected chi connectivity index (χ3v) is 10.7. The molecular weight excluding hydrogens is 662 g/mol. The molecule has 240 valence electrons. The Morgan fingerprint density at radius 1 is 0.804 bits per heavy atom. The van der Waals surface area contributed by atoms with Crippen LogP contribution in [0.5, 0.6) is 0 Å². The van der Waals surface area contributed by atoms with Crippen LogP contribution in [0.25, 0.3) is 0 Å². The number of benzene rings is 4. The maximum Gasteiger partial charge on any atom is 0.264 e. The molecule has 0 saturated heterocycles. The van der Waals surface area contributed by atoms with Gasteiger partial charge in [0.25, 0.3) is 10.0 Å². The summed E-state index contributed by atoms with van der Waals surface area (Å²) in [6, 6.07) is 31.7. The number of aryl methyl sites for hydroxylation is 1. The minimum absolute atomic E-state index is 0.0504. The van der Waals surface area contributed by atoms with Gasteiger partial charge in [0.05, 0.1) is 10.6 Å². The first-order chi connectivity index (χ1) is 22.2. The Hall–Kier alpha value is -3.95. The third kappa shape index (κ3) is 8.65. The molecule has 46 heavy (non-hydrogen) atoms. The quantitative estimate of drug-likeness (QED) is 0.172. The molecule has 1 aliphatic carbocycles. The van der Waals surface area contributed by atoms with Crippen molar-refractivity contribution in [3.8, 4) is 0 Å². The highest BCUT2D eigenvalue weighted by Crippen LogP contribution is 2.27. The standard InChI is InChI=1S/C37H40BrN3O4S/c1-28-17-23-34(24-18-28)46(44,45)41(33-21-19-31(38)20-22-33)27-36(42)40(26-30-13-7-3-8-14-30)35(25-29-11-5-2-6-12-29)37(43)39-32-15-9-4-10-16-32/h2-3,5-8,11-14,17-24,32,35H,4,9-10,15-16,25-27H2,1H3,(H,39,43). The summed E-state index contributed by atoms with van der Waals surface area (Å²) in [6.45, 7) is 1.56. The van der Waals surface area contributed by atoms with E-state index in [0.717, 1.165) is 57.6 Å². The van der Waals surface area contributed by atoms with Crippen LogP contribution in [-0.2, 0) is 32.6 Å². The zero-order valence-electron chi connectivity index (χ0n) is 26.0. The summed E-state index contributed by atoms with van der Waals surface area (Å²) in [5, 5.41) is 3.24. The second-order valence-corrected chi connectivity index (χ2v) is 14.6. The topological polar surface area (TPSA) is 86.8 Å². The van der Waals surface area contributed by atoms with Crippen LogP contribution in [0.3, 0.4) is 0 Å². The van der Waals surface area contributed by atoms with Crippen molar-refractivity contribution in [1.82, 2.24) is 10.2 Å². The summed E-state index contributed by atoms with van der Waals surface area (Å²) in [7, 11) is -4.14. The third-order valence-electron chi connectivity index (χ3n) is 8.42. The van der Waals surface area contributed by atoms with Crippen molar-refractivity contribution < 1.29 is 18.0 Å². The molecule has 1 fully saturated rings. The van der Waals surface area contributed by atoms with Gasteiger partial charge in [0, 0.05) is 23.5 Å². The summed E-state index contributed by atoms with van der Waals surface area (Å²) >= 11 is 3.43. The lowest BCUT2D eigenvalue weighted by molar-refractivity contribution is -0.140. The fourth-order valence-electron chi connectivity index (χ4n) is 5.85. The number of hydrogen-bond acceptors (Lipinski definition) is 4. The van der Waals surface area contributed by atoms with Gasteiger partial charge >= 0.3 is 0 Å². The van der Waals surface area contributed by atoms with E-state index in [4.69, 9.17) is 0 Å². The van der Waals surface area contributed by atoms with Gasteiger partial charge in [-0.15, -0.1) is 0 Å². The Labute approximate surface area is 280 Å². The minimum Gasteiger partial charge on any atom is -0.352 e. The summed E-state index contributed by atoms with van der Waals surface area (Å²) < 4.78 is 30.3. The van der Waals surface area contributed by atoms with Gasteiger partial charge in [-0.2, -0.15) is 0 Å². The number of nitrogens with zero attached hydrogens (tertiary/aromatic N) is 2. The van der Waals surface area contributed by atoms with E-state index in [1.807, 2.05) is 67.6 Å². The molecule has 2 amide bonds. The highest BCUT2D eigenvalue weighted by atomic mass is 79.9. The number of rotatable bonds is 12. The molecule has 0 spiro atoms. The largest absolute Gasteiger partial charge is 0.352 e. The lowest BCUT2D eigenvalue weighted by atomic mass is 9.94. The van der Waals surface area contributed by atoms with Gasteiger partial charge in [-0.3, -0.25) is 13.9 Å². The van der Waals surface area contributed by atoms with Crippen LogP contribution in [0.2, 0.25) is 0 Å². The maximum atomic E-state index is 14.6. The molecule has 9 heteroatoms. The first-order valence-electron chi connectivity index (χ1n) is 15.7. The highest BCUT2D eigenvalue weighted by Gasteiger charge is 2.35. The van der Waals surface area contributed by atoms with E-state index in [0.29, 0.717) is 12.1 Å². The van der Waals surface area contributed by atoms with E-state index in [-0.39, 0.29) is 23.4 Å². The summed E-state index contributed by atoms with van der Waals surface area (Å²) in [5.74, 6) is -0.696. The Balaban J connectivity index is 1.54. The van der Waals surface area contributed by atoms with E-state index in [1.54, 1.807) is 53.4 Å². The SMILES string of the molecule is Cc1ccc(S(=O)(=O)N(CC(=O)N(Cc2ccccc2)C(Cc2ccccc2)C(=O)NC2CCCCC2)c2ccc(Br)cc2)cc1. The van der Waals surface area contributed by atoms with Crippen molar-refractivity contribution in [3.05, 3.63) is 130 Å². The van der Waals surface area contributed by atoms with Crippen molar-refractivity contribution in [2.45, 2.75) is 69.0 Å².